The van der Waals surface area contributed by atoms with Gasteiger partial charge in [0, 0.05) is 12.5 Å². The SMILES string of the molecule is COC(=O)[C@H](C[C@@H]1CCCNC1=O)NC(=O)[C@H](CC1CC1)NC(=O)c1ccc(C(F)(F)F)[nH]1. The molecule has 0 bridgehead atoms. The van der Waals surface area contributed by atoms with Gasteiger partial charge in [-0.25, -0.2) is 4.79 Å². The molecule has 2 fully saturated rings. The van der Waals surface area contributed by atoms with Crippen LogP contribution in [0.3, 0.4) is 0 Å². The van der Waals surface area contributed by atoms with E-state index in [0.29, 0.717) is 13.0 Å². The normalized spacial score (nSPS) is 20.4. The molecule has 2 aliphatic rings. The summed E-state index contributed by atoms with van der Waals surface area (Å²) in [5.74, 6) is -2.75. The van der Waals surface area contributed by atoms with Crippen LogP contribution < -0.4 is 16.0 Å². The quantitative estimate of drug-likeness (QED) is 0.405. The van der Waals surface area contributed by atoms with Crippen molar-refractivity contribution < 1.29 is 37.1 Å². The monoisotopic (exact) mass is 472 g/mol. The molecule has 0 unspecified atom stereocenters. The Morgan fingerprint density at radius 2 is 1.85 bits per heavy atom. The number of rotatable bonds is 9. The third-order valence-corrected chi connectivity index (χ3v) is 5.85. The molecule has 1 aliphatic heterocycles. The minimum Gasteiger partial charge on any atom is -0.467 e. The van der Waals surface area contributed by atoms with Crippen molar-refractivity contribution in [3.8, 4) is 0 Å². The summed E-state index contributed by atoms with van der Waals surface area (Å²) in [5, 5.41) is 7.74. The standard InChI is InChI=1S/C21H27F3N4O5/c1-33-20(32)15(10-12-3-2-8-25-17(12)29)28-19(31)14(9-11-4-5-11)27-18(30)13-6-7-16(26-13)21(22,23)24/h6-7,11-12,14-15,26H,2-5,8-10H2,1H3,(H,25,29)(H,27,30)(H,28,31)/t12-,14-,15-/m0/s1. The number of hydrogen-bond acceptors (Lipinski definition) is 5. The van der Waals surface area contributed by atoms with Crippen LogP contribution in [0.1, 0.15) is 54.7 Å². The van der Waals surface area contributed by atoms with Gasteiger partial charge in [-0.2, -0.15) is 13.2 Å². The molecule has 4 N–H and O–H groups in total. The van der Waals surface area contributed by atoms with Crippen LogP contribution in [0.15, 0.2) is 12.1 Å². The summed E-state index contributed by atoms with van der Waals surface area (Å²) in [6.45, 7) is 0.550. The molecule has 33 heavy (non-hydrogen) atoms. The van der Waals surface area contributed by atoms with Crippen molar-refractivity contribution in [2.24, 2.45) is 11.8 Å². The fourth-order valence-electron chi connectivity index (χ4n) is 3.82. The molecule has 3 rings (SSSR count). The fourth-order valence-corrected chi connectivity index (χ4v) is 3.82. The van der Waals surface area contributed by atoms with E-state index in [-0.39, 0.29) is 30.4 Å². The number of ether oxygens (including phenoxy) is 1. The second-order valence-electron chi connectivity index (χ2n) is 8.44. The molecule has 1 saturated heterocycles. The van der Waals surface area contributed by atoms with Crippen LogP contribution in [-0.4, -0.2) is 54.4 Å². The molecule has 12 heteroatoms. The van der Waals surface area contributed by atoms with Crippen LogP contribution in [0, 0.1) is 11.8 Å². The minimum atomic E-state index is -4.64. The lowest BCUT2D eigenvalue weighted by atomic mass is 9.91. The van der Waals surface area contributed by atoms with Gasteiger partial charge in [0.2, 0.25) is 11.8 Å². The number of H-pyrrole nitrogens is 1. The number of halogens is 3. The Labute approximate surface area is 188 Å². The average Bonchev–Trinajstić information content (AvgIpc) is 3.43. The molecule has 9 nitrogen and oxygen atoms in total. The van der Waals surface area contributed by atoms with E-state index in [1.807, 2.05) is 4.98 Å². The molecule has 1 aromatic heterocycles. The fraction of sp³-hybridized carbons (Fsp3) is 0.619. The van der Waals surface area contributed by atoms with Crippen molar-refractivity contribution in [2.75, 3.05) is 13.7 Å². The molecule has 0 aromatic carbocycles. The maximum Gasteiger partial charge on any atom is 0.431 e. The van der Waals surface area contributed by atoms with Crippen molar-refractivity contribution in [3.05, 3.63) is 23.5 Å². The van der Waals surface area contributed by atoms with Crippen molar-refractivity contribution in [3.63, 3.8) is 0 Å². The van der Waals surface area contributed by atoms with Gasteiger partial charge in [-0.15, -0.1) is 0 Å². The van der Waals surface area contributed by atoms with Gasteiger partial charge in [0.05, 0.1) is 7.11 Å². The van der Waals surface area contributed by atoms with E-state index >= 15 is 0 Å². The number of aromatic amines is 1. The molecule has 1 aliphatic carbocycles. The number of esters is 1. The Morgan fingerprint density at radius 3 is 2.42 bits per heavy atom. The lowest BCUT2D eigenvalue weighted by molar-refractivity contribution is -0.146. The first-order valence-corrected chi connectivity index (χ1v) is 10.8. The highest BCUT2D eigenvalue weighted by molar-refractivity contribution is 5.97. The first kappa shape index (κ1) is 24.6. The Bertz CT molecular complexity index is 897. The molecular weight excluding hydrogens is 445 g/mol. The third kappa shape index (κ3) is 6.72. The predicted octanol–water partition coefficient (Wildman–Crippen LogP) is 1.51. The smallest absolute Gasteiger partial charge is 0.431 e. The van der Waals surface area contributed by atoms with Gasteiger partial charge in [-0.1, -0.05) is 12.8 Å². The van der Waals surface area contributed by atoms with Gasteiger partial charge >= 0.3 is 12.1 Å². The zero-order valence-electron chi connectivity index (χ0n) is 18.1. The summed E-state index contributed by atoms with van der Waals surface area (Å²) >= 11 is 0. The zero-order valence-corrected chi connectivity index (χ0v) is 18.1. The van der Waals surface area contributed by atoms with Crippen molar-refractivity contribution in [1.29, 1.82) is 0 Å². The van der Waals surface area contributed by atoms with E-state index in [1.54, 1.807) is 0 Å². The number of nitrogens with one attached hydrogen (secondary N) is 4. The van der Waals surface area contributed by atoms with E-state index < -0.39 is 47.7 Å². The van der Waals surface area contributed by atoms with Crippen LogP contribution >= 0.6 is 0 Å². The zero-order chi connectivity index (χ0) is 24.2. The summed E-state index contributed by atoms with van der Waals surface area (Å²) in [4.78, 5) is 51.8. The molecule has 0 radical (unpaired) electrons. The highest BCUT2D eigenvalue weighted by Crippen LogP contribution is 2.34. The summed E-state index contributed by atoms with van der Waals surface area (Å²) in [6.07, 6.45) is -1.28. The van der Waals surface area contributed by atoms with E-state index in [1.165, 1.54) is 0 Å². The topological polar surface area (TPSA) is 129 Å². The van der Waals surface area contributed by atoms with Crippen LogP contribution in [0.5, 0.6) is 0 Å². The number of alkyl halides is 3. The number of methoxy groups -OCH3 is 1. The van der Waals surface area contributed by atoms with Gasteiger partial charge in [0.1, 0.15) is 23.5 Å². The number of amides is 3. The molecular formula is C21H27F3N4O5. The maximum atomic E-state index is 13.0. The molecule has 2 heterocycles. The van der Waals surface area contributed by atoms with Gasteiger partial charge in [0.25, 0.3) is 5.91 Å². The van der Waals surface area contributed by atoms with Crippen LogP contribution in [0.25, 0.3) is 0 Å². The summed E-state index contributed by atoms with van der Waals surface area (Å²) in [6, 6.07) is -0.427. The summed E-state index contributed by atoms with van der Waals surface area (Å²) < 4.78 is 43.2. The Balaban J connectivity index is 1.68. The highest BCUT2D eigenvalue weighted by Gasteiger charge is 2.36. The molecule has 182 valence electrons. The lowest BCUT2D eigenvalue weighted by Gasteiger charge is -2.27. The van der Waals surface area contributed by atoms with E-state index in [4.69, 9.17) is 4.74 Å². The number of piperidine rings is 1. The molecule has 0 spiro atoms. The van der Waals surface area contributed by atoms with Crippen molar-refractivity contribution >= 4 is 23.7 Å². The minimum absolute atomic E-state index is 0.0416. The van der Waals surface area contributed by atoms with Gasteiger partial charge in [-0.3, -0.25) is 14.4 Å². The number of carbonyl (C=O) groups excluding carboxylic acids is 4. The van der Waals surface area contributed by atoms with Crippen molar-refractivity contribution in [2.45, 2.75) is 56.8 Å². The third-order valence-electron chi connectivity index (χ3n) is 5.85. The number of carbonyl (C=O) groups is 4. The molecule has 1 saturated carbocycles. The molecule has 3 amide bonds. The first-order valence-electron chi connectivity index (χ1n) is 10.8. The lowest BCUT2D eigenvalue weighted by Crippen LogP contribution is -2.53. The van der Waals surface area contributed by atoms with Gasteiger partial charge < -0.3 is 25.7 Å². The summed E-state index contributed by atoms with van der Waals surface area (Å²) in [7, 11) is 1.16. The Kier molecular flexibility index (Phi) is 7.65. The predicted molar refractivity (Wildman–Crippen MR) is 109 cm³/mol. The van der Waals surface area contributed by atoms with Crippen LogP contribution in [0.2, 0.25) is 0 Å². The average molecular weight is 472 g/mol. The second kappa shape index (κ2) is 10.3. The number of hydrogen-bond donors (Lipinski definition) is 4. The maximum absolute atomic E-state index is 13.0. The Hall–Kier alpha value is -3.05. The van der Waals surface area contributed by atoms with Gasteiger partial charge in [0.15, 0.2) is 0 Å². The van der Waals surface area contributed by atoms with Crippen LogP contribution in [-0.2, 0) is 25.3 Å². The van der Waals surface area contributed by atoms with Crippen molar-refractivity contribution in [1.82, 2.24) is 20.9 Å². The largest absolute Gasteiger partial charge is 0.467 e. The first-order chi connectivity index (χ1) is 15.6. The van der Waals surface area contributed by atoms with Crippen LogP contribution in [0.4, 0.5) is 13.2 Å². The van der Waals surface area contributed by atoms with E-state index in [2.05, 4.69) is 16.0 Å². The van der Waals surface area contributed by atoms with E-state index in [0.717, 1.165) is 38.5 Å². The summed E-state index contributed by atoms with van der Waals surface area (Å²) in [5.41, 5.74) is -1.41. The van der Waals surface area contributed by atoms with Gasteiger partial charge in [-0.05, 0) is 43.7 Å². The Morgan fingerprint density at radius 1 is 1.12 bits per heavy atom. The highest BCUT2D eigenvalue weighted by atomic mass is 19.4. The molecule has 1 aromatic rings. The second-order valence-corrected chi connectivity index (χ2v) is 8.44. The number of aromatic nitrogens is 1. The molecule has 3 atom stereocenters. The van der Waals surface area contributed by atoms with E-state index in [9.17, 15) is 32.3 Å².